The number of aliphatic hydroxyl groups is 1. The molecule has 1 aliphatic heterocycles. The van der Waals surface area contributed by atoms with Crippen LogP contribution in [-0.2, 0) is 13.7 Å². The lowest BCUT2D eigenvalue weighted by Crippen LogP contribution is -2.40. The summed E-state index contributed by atoms with van der Waals surface area (Å²) in [7, 11) is 1.97. The molecule has 1 atom stereocenters. The van der Waals surface area contributed by atoms with Gasteiger partial charge in [-0.25, -0.2) is 0 Å². The Labute approximate surface area is 127 Å². The molecule has 1 aliphatic carbocycles. The smallest absolute Gasteiger partial charge is 0.158 e. The summed E-state index contributed by atoms with van der Waals surface area (Å²) in [4.78, 5) is 2.69. The minimum Gasteiger partial charge on any atom is -0.388 e. The fourth-order valence-corrected chi connectivity index (χ4v) is 4.10. The number of aliphatic hydroxyl groups excluding tert-OH is 1. The van der Waals surface area contributed by atoms with Gasteiger partial charge < -0.3 is 14.6 Å². The van der Waals surface area contributed by atoms with Gasteiger partial charge in [0.15, 0.2) is 5.82 Å². The molecule has 21 heavy (non-hydrogen) atoms. The number of hydrogen-bond acceptors (Lipinski definition) is 4. The SMILES string of the molecule is Cn1c(CO)nnc1C1CCN(C2CCC(C)(C)C2)CC1. The molecule has 2 aliphatic rings. The summed E-state index contributed by atoms with van der Waals surface area (Å²) in [5, 5.41) is 17.6. The van der Waals surface area contributed by atoms with Crippen LogP contribution in [0, 0.1) is 5.41 Å². The highest BCUT2D eigenvalue weighted by molar-refractivity contribution is 5.03. The van der Waals surface area contributed by atoms with E-state index >= 15 is 0 Å². The molecule has 1 aromatic heterocycles. The van der Waals surface area contributed by atoms with E-state index in [9.17, 15) is 5.11 Å². The topological polar surface area (TPSA) is 54.2 Å². The van der Waals surface area contributed by atoms with Crippen molar-refractivity contribution in [3.8, 4) is 0 Å². The predicted molar refractivity (Wildman–Crippen MR) is 81.9 cm³/mol. The molecule has 0 radical (unpaired) electrons. The van der Waals surface area contributed by atoms with Gasteiger partial charge in [0.05, 0.1) is 0 Å². The van der Waals surface area contributed by atoms with Crippen LogP contribution in [0.3, 0.4) is 0 Å². The van der Waals surface area contributed by atoms with E-state index in [0.29, 0.717) is 17.2 Å². The Bertz CT molecular complexity index is 488. The maximum Gasteiger partial charge on any atom is 0.158 e. The molecule has 1 N–H and O–H groups in total. The Morgan fingerprint density at radius 2 is 1.90 bits per heavy atom. The average Bonchev–Trinajstić information content (AvgIpc) is 3.01. The van der Waals surface area contributed by atoms with Crippen molar-refractivity contribution in [1.29, 1.82) is 0 Å². The molecule has 2 heterocycles. The Kier molecular flexibility index (Phi) is 4.06. The molecule has 1 saturated carbocycles. The molecule has 1 saturated heterocycles. The second-order valence-electron chi connectivity index (χ2n) is 7.56. The van der Waals surface area contributed by atoms with Crippen LogP contribution in [0.2, 0.25) is 0 Å². The van der Waals surface area contributed by atoms with E-state index in [1.807, 2.05) is 11.6 Å². The van der Waals surface area contributed by atoms with Crippen molar-refractivity contribution >= 4 is 0 Å². The first-order valence-corrected chi connectivity index (χ1v) is 8.23. The molecular weight excluding hydrogens is 264 g/mol. The van der Waals surface area contributed by atoms with Gasteiger partial charge >= 0.3 is 0 Å². The first-order chi connectivity index (χ1) is 10.00. The molecule has 0 bridgehead atoms. The van der Waals surface area contributed by atoms with E-state index < -0.39 is 0 Å². The van der Waals surface area contributed by atoms with Crippen LogP contribution < -0.4 is 0 Å². The summed E-state index contributed by atoms with van der Waals surface area (Å²) >= 11 is 0. The third-order valence-electron chi connectivity index (χ3n) is 5.49. The fraction of sp³-hybridized carbons (Fsp3) is 0.875. The number of nitrogens with zero attached hydrogens (tertiary/aromatic N) is 4. The van der Waals surface area contributed by atoms with Gasteiger partial charge in [0.2, 0.25) is 0 Å². The van der Waals surface area contributed by atoms with Gasteiger partial charge in [0, 0.05) is 19.0 Å². The lowest BCUT2D eigenvalue weighted by molar-refractivity contribution is 0.143. The van der Waals surface area contributed by atoms with Gasteiger partial charge in [-0.15, -0.1) is 10.2 Å². The van der Waals surface area contributed by atoms with Crippen molar-refractivity contribution < 1.29 is 5.11 Å². The zero-order valence-electron chi connectivity index (χ0n) is 13.5. The Morgan fingerprint density at radius 1 is 1.19 bits per heavy atom. The maximum atomic E-state index is 9.23. The summed E-state index contributed by atoms with van der Waals surface area (Å²) in [6, 6.07) is 0.786. The first kappa shape index (κ1) is 15.0. The zero-order chi connectivity index (χ0) is 15.0. The van der Waals surface area contributed by atoms with Crippen LogP contribution in [0.1, 0.15) is 63.5 Å². The fourth-order valence-electron chi connectivity index (χ4n) is 4.10. The number of aromatic nitrogens is 3. The highest BCUT2D eigenvalue weighted by Crippen LogP contribution is 2.41. The zero-order valence-corrected chi connectivity index (χ0v) is 13.5. The highest BCUT2D eigenvalue weighted by Gasteiger charge is 2.36. The van der Waals surface area contributed by atoms with Gasteiger partial charge in [-0.3, -0.25) is 0 Å². The maximum absolute atomic E-state index is 9.23. The van der Waals surface area contributed by atoms with E-state index in [0.717, 1.165) is 24.7 Å². The monoisotopic (exact) mass is 292 g/mol. The molecule has 2 fully saturated rings. The molecule has 118 valence electrons. The van der Waals surface area contributed by atoms with Gasteiger partial charge in [0.25, 0.3) is 0 Å². The van der Waals surface area contributed by atoms with Crippen molar-refractivity contribution in [3.63, 3.8) is 0 Å². The molecule has 1 unspecified atom stereocenters. The van der Waals surface area contributed by atoms with Gasteiger partial charge in [-0.2, -0.15) is 0 Å². The molecule has 3 rings (SSSR count). The number of hydrogen-bond donors (Lipinski definition) is 1. The van der Waals surface area contributed by atoms with Crippen molar-refractivity contribution in [3.05, 3.63) is 11.6 Å². The van der Waals surface area contributed by atoms with Crippen molar-refractivity contribution in [2.24, 2.45) is 12.5 Å². The van der Waals surface area contributed by atoms with Gasteiger partial charge in [-0.05, 0) is 50.6 Å². The second-order valence-corrected chi connectivity index (χ2v) is 7.56. The number of likely N-dealkylation sites (tertiary alicyclic amines) is 1. The van der Waals surface area contributed by atoms with Crippen LogP contribution in [-0.4, -0.2) is 43.9 Å². The summed E-state index contributed by atoms with van der Waals surface area (Å²) in [6.07, 6.45) is 6.38. The van der Waals surface area contributed by atoms with Crippen molar-refractivity contribution in [2.75, 3.05) is 13.1 Å². The molecular formula is C16H28N4O. The van der Waals surface area contributed by atoms with Crippen molar-refractivity contribution in [1.82, 2.24) is 19.7 Å². The lowest BCUT2D eigenvalue weighted by atomic mass is 9.90. The minimum absolute atomic E-state index is 0.0283. The van der Waals surface area contributed by atoms with E-state index in [1.54, 1.807) is 0 Å². The largest absolute Gasteiger partial charge is 0.388 e. The van der Waals surface area contributed by atoms with Crippen LogP contribution in [0.5, 0.6) is 0 Å². The average molecular weight is 292 g/mol. The molecule has 0 spiro atoms. The molecule has 5 heteroatoms. The van der Waals surface area contributed by atoms with Crippen LogP contribution in [0.4, 0.5) is 0 Å². The molecule has 1 aromatic rings. The Hall–Kier alpha value is -0.940. The quantitative estimate of drug-likeness (QED) is 0.926. The normalized spacial score (nSPS) is 27.3. The van der Waals surface area contributed by atoms with Gasteiger partial charge in [0.1, 0.15) is 12.4 Å². The highest BCUT2D eigenvalue weighted by atomic mass is 16.3. The van der Waals surface area contributed by atoms with Crippen LogP contribution in [0.15, 0.2) is 0 Å². The van der Waals surface area contributed by atoms with E-state index in [2.05, 4.69) is 28.9 Å². The Morgan fingerprint density at radius 3 is 2.43 bits per heavy atom. The minimum atomic E-state index is -0.0283. The number of rotatable bonds is 3. The Balaban J connectivity index is 1.59. The summed E-state index contributed by atoms with van der Waals surface area (Å²) in [5.41, 5.74) is 0.529. The van der Waals surface area contributed by atoms with E-state index in [-0.39, 0.29) is 6.61 Å². The third-order valence-corrected chi connectivity index (χ3v) is 5.49. The predicted octanol–water partition coefficient (Wildman–Crippen LogP) is 2.07. The van der Waals surface area contributed by atoms with E-state index in [1.165, 1.54) is 32.4 Å². The molecule has 0 amide bonds. The molecule has 5 nitrogen and oxygen atoms in total. The van der Waals surface area contributed by atoms with E-state index in [4.69, 9.17) is 0 Å². The van der Waals surface area contributed by atoms with Crippen molar-refractivity contribution in [2.45, 2.75) is 64.5 Å². The second kappa shape index (κ2) is 5.69. The number of piperidine rings is 1. The lowest BCUT2D eigenvalue weighted by Gasteiger charge is -2.36. The standard InChI is InChI=1S/C16H28N4O/c1-16(2)7-4-13(10-16)20-8-5-12(6-9-20)15-18-17-14(11-21)19(15)3/h12-13,21H,4-11H2,1-3H3. The summed E-state index contributed by atoms with van der Waals surface area (Å²) in [5.74, 6) is 2.21. The molecule has 0 aromatic carbocycles. The van der Waals surface area contributed by atoms with Crippen LogP contribution in [0.25, 0.3) is 0 Å². The van der Waals surface area contributed by atoms with Crippen LogP contribution >= 0.6 is 0 Å². The first-order valence-electron chi connectivity index (χ1n) is 8.23. The third kappa shape index (κ3) is 2.99. The summed E-state index contributed by atoms with van der Waals surface area (Å²) in [6.45, 7) is 7.12. The van der Waals surface area contributed by atoms with Gasteiger partial charge in [-0.1, -0.05) is 13.8 Å². The summed E-state index contributed by atoms with van der Waals surface area (Å²) < 4.78 is 1.97.